The molecule has 0 atom stereocenters. The van der Waals surface area contributed by atoms with Crippen molar-refractivity contribution in [2.75, 3.05) is 0 Å². The summed E-state index contributed by atoms with van der Waals surface area (Å²) in [5.74, 6) is 0. The number of hydrogen-bond donors (Lipinski definition) is 0. The Bertz CT molecular complexity index is 3220. The van der Waals surface area contributed by atoms with Crippen LogP contribution in [-0.4, -0.2) is 9.52 Å². The largest absolute Gasteiger partial charge is 0.121 e. The Morgan fingerprint density at radius 2 is 0.632 bits per heavy atom. The van der Waals surface area contributed by atoms with Gasteiger partial charge in [0.15, 0.2) is 0 Å². The van der Waals surface area contributed by atoms with Crippen molar-refractivity contribution >= 4 is 73.8 Å². The van der Waals surface area contributed by atoms with Gasteiger partial charge in [-0.3, -0.25) is 0 Å². The van der Waals surface area contributed by atoms with Crippen LogP contribution < -0.4 is 10.4 Å². The number of hydrogen-bond acceptors (Lipinski definition) is 0. The van der Waals surface area contributed by atoms with Crippen molar-refractivity contribution in [3.8, 4) is 44.5 Å². The van der Waals surface area contributed by atoms with E-state index in [2.05, 4.69) is 218 Å². The maximum Gasteiger partial charge on any atom is 0.121 e. The third-order valence-electron chi connectivity index (χ3n) is 11.5. The van der Waals surface area contributed by atoms with E-state index in [1.165, 1.54) is 109 Å². The summed E-state index contributed by atoms with van der Waals surface area (Å²) in [6.45, 7) is 0. The highest BCUT2D eigenvalue weighted by atomic mass is 28.2. The maximum atomic E-state index is 2.48. The second-order valence-corrected chi connectivity index (χ2v) is 16.4. The first kappa shape index (κ1) is 33.3. The van der Waals surface area contributed by atoms with Crippen molar-refractivity contribution in [3.63, 3.8) is 0 Å². The molecule has 57 heavy (non-hydrogen) atoms. The molecule has 264 valence electrons. The fraction of sp³-hybridized carbons (Fsp3) is 0. The molecule has 0 fully saturated rings. The molecule has 0 spiro atoms. The van der Waals surface area contributed by atoms with Crippen LogP contribution in [0.4, 0.5) is 0 Å². The molecular formula is C56H36Si. The summed E-state index contributed by atoms with van der Waals surface area (Å²) >= 11 is 0. The van der Waals surface area contributed by atoms with Gasteiger partial charge in [-0.2, -0.15) is 0 Å². The van der Waals surface area contributed by atoms with Crippen LogP contribution in [0.3, 0.4) is 0 Å². The number of fused-ring (bicyclic) bond motifs is 5. The lowest BCUT2D eigenvalue weighted by Gasteiger charge is -2.20. The Hall–Kier alpha value is -7.06. The van der Waals surface area contributed by atoms with Crippen LogP contribution in [0.2, 0.25) is 0 Å². The van der Waals surface area contributed by atoms with Gasteiger partial charge in [0.05, 0.1) is 0 Å². The normalized spacial score (nSPS) is 11.6. The van der Waals surface area contributed by atoms with E-state index in [9.17, 15) is 0 Å². The second kappa shape index (κ2) is 13.9. The summed E-state index contributed by atoms with van der Waals surface area (Å²) in [6, 6.07) is 81.1. The van der Waals surface area contributed by atoms with Crippen LogP contribution in [0.15, 0.2) is 218 Å². The molecule has 0 heterocycles. The molecule has 0 nitrogen and oxygen atoms in total. The van der Waals surface area contributed by atoms with Crippen molar-refractivity contribution in [2.45, 2.75) is 0 Å². The monoisotopic (exact) mass is 736 g/mol. The average molecular weight is 737 g/mol. The summed E-state index contributed by atoms with van der Waals surface area (Å²) in [7, 11) is 0.553. The van der Waals surface area contributed by atoms with Gasteiger partial charge in [-0.1, -0.05) is 192 Å². The average Bonchev–Trinajstić information content (AvgIpc) is 3.28. The van der Waals surface area contributed by atoms with Crippen LogP contribution >= 0.6 is 0 Å². The zero-order valence-corrected chi connectivity index (χ0v) is 32.3. The lowest BCUT2D eigenvalue weighted by molar-refractivity contribution is 1.60. The van der Waals surface area contributed by atoms with E-state index in [0.29, 0.717) is 9.52 Å². The minimum absolute atomic E-state index is 0.553. The van der Waals surface area contributed by atoms with E-state index < -0.39 is 0 Å². The molecule has 11 rings (SSSR count). The van der Waals surface area contributed by atoms with Crippen LogP contribution in [0.25, 0.3) is 98.4 Å². The highest BCUT2D eigenvalue weighted by molar-refractivity contribution is 6.67. The van der Waals surface area contributed by atoms with Gasteiger partial charge in [0.1, 0.15) is 9.52 Å². The van der Waals surface area contributed by atoms with Gasteiger partial charge < -0.3 is 0 Å². The molecule has 2 radical (unpaired) electrons. The SMILES string of the molecule is c1ccc([Si]c2ccc3c(-c4ccc5ccccc5c4)c4ccccc4c(-c4cc(-c5ccc6ccccc6c5)cc(-c5ccc6ccccc6c5)c4)c3c2)cc1. The van der Waals surface area contributed by atoms with Gasteiger partial charge in [0.25, 0.3) is 0 Å². The predicted molar refractivity (Wildman–Crippen MR) is 247 cm³/mol. The van der Waals surface area contributed by atoms with E-state index in [-0.39, 0.29) is 0 Å². The fourth-order valence-electron chi connectivity index (χ4n) is 8.75. The Labute approximate surface area is 335 Å². The number of benzene rings is 11. The third kappa shape index (κ3) is 6.10. The molecule has 0 saturated heterocycles. The zero-order valence-electron chi connectivity index (χ0n) is 31.3. The van der Waals surface area contributed by atoms with Crippen LogP contribution in [0.1, 0.15) is 0 Å². The van der Waals surface area contributed by atoms with E-state index in [0.717, 1.165) is 0 Å². The molecule has 1 heteroatoms. The van der Waals surface area contributed by atoms with E-state index in [1.807, 2.05) is 0 Å². The van der Waals surface area contributed by atoms with Crippen LogP contribution in [0.5, 0.6) is 0 Å². The maximum absolute atomic E-state index is 2.48. The molecule has 0 bridgehead atoms. The second-order valence-electron chi connectivity index (χ2n) is 15.0. The summed E-state index contributed by atoms with van der Waals surface area (Å²) < 4.78 is 0. The van der Waals surface area contributed by atoms with Gasteiger partial charge in [-0.15, -0.1) is 0 Å². The summed E-state index contributed by atoms with van der Waals surface area (Å²) in [5, 5.41) is 15.2. The van der Waals surface area contributed by atoms with E-state index in [1.54, 1.807) is 0 Å². The van der Waals surface area contributed by atoms with E-state index >= 15 is 0 Å². The third-order valence-corrected chi connectivity index (χ3v) is 12.7. The van der Waals surface area contributed by atoms with Gasteiger partial charge >= 0.3 is 0 Å². The summed E-state index contributed by atoms with van der Waals surface area (Å²) in [5.41, 5.74) is 9.85. The van der Waals surface area contributed by atoms with Crippen LogP contribution in [-0.2, 0) is 0 Å². The molecule has 0 aliphatic carbocycles. The molecule has 0 saturated carbocycles. The van der Waals surface area contributed by atoms with Crippen molar-refractivity contribution in [3.05, 3.63) is 218 Å². The molecule has 0 aromatic heterocycles. The topological polar surface area (TPSA) is 0 Å². The molecule has 0 aliphatic rings. The minimum Gasteiger partial charge on any atom is -0.0631 e. The standard InChI is InChI=1S/C56H36Si/c1-2-18-49(19-3-1)57-50-28-29-53-54(36-50)56(52-21-11-10-20-51(52)55(53)45-27-24-39-14-6-9-17-42(39)32-45)48-34-46(43-25-22-37-12-4-7-15-40(37)30-43)33-47(35-48)44-26-23-38-13-5-8-16-41(38)31-44/h1-36H. The smallest absolute Gasteiger partial charge is 0.0631 e. The van der Waals surface area contributed by atoms with Crippen molar-refractivity contribution in [2.24, 2.45) is 0 Å². The first-order valence-electron chi connectivity index (χ1n) is 19.7. The Morgan fingerprint density at radius 1 is 0.211 bits per heavy atom. The van der Waals surface area contributed by atoms with Gasteiger partial charge in [-0.25, -0.2) is 0 Å². The van der Waals surface area contributed by atoms with Crippen LogP contribution in [0, 0.1) is 0 Å². The van der Waals surface area contributed by atoms with Gasteiger partial charge in [-0.05, 0) is 135 Å². The Kier molecular flexibility index (Phi) is 8.12. The molecule has 11 aromatic rings. The first-order chi connectivity index (χ1) is 28.2. The van der Waals surface area contributed by atoms with Gasteiger partial charge in [0, 0.05) is 0 Å². The van der Waals surface area contributed by atoms with Crippen molar-refractivity contribution in [1.29, 1.82) is 0 Å². The highest BCUT2D eigenvalue weighted by Crippen LogP contribution is 2.46. The lowest BCUT2D eigenvalue weighted by atomic mass is 9.84. The molecule has 0 unspecified atom stereocenters. The Balaban J connectivity index is 1.22. The number of rotatable bonds is 6. The van der Waals surface area contributed by atoms with Crippen molar-refractivity contribution in [1.82, 2.24) is 0 Å². The lowest BCUT2D eigenvalue weighted by Crippen LogP contribution is -2.26. The summed E-state index contributed by atoms with van der Waals surface area (Å²) in [4.78, 5) is 0. The zero-order chi connectivity index (χ0) is 37.7. The molecule has 0 N–H and O–H groups in total. The quantitative estimate of drug-likeness (QED) is 0.118. The molecular weight excluding hydrogens is 701 g/mol. The predicted octanol–water partition coefficient (Wildman–Crippen LogP) is 13.8. The highest BCUT2D eigenvalue weighted by Gasteiger charge is 2.19. The molecule has 11 aromatic carbocycles. The molecule has 0 amide bonds. The Morgan fingerprint density at radius 3 is 1.19 bits per heavy atom. The fourth-order valence-corrected chi connectivity index (χ4v) is 9.83. The summed E-state index contributed by atoms with van der Waals surface area (Å²) in [6.07, 6.45) is 0. The minimum atomic E-state index is 0.553. The first-order valence-corrected chi connectivity index (χ1v) is 20.7. The molecule has 0 aliphatic heterocycles. The van der Waals surface area contributed by atoms with Crippen molar-refractivity contribution < 1.29 is 0 Å². The van der Waals surface area contributed by atoms with E-state index in [4.69, 9.17) is 0 Å². The van der Waals surface area contributed by atoms with Gasteiger partial charge in [0.2, 0.25) is 0 Å².